The van der Waals surface area contributed by atoms with Crippen molar-refractivity contribution >= 4 is 16.8 Å². The number of fused-ring (bicyclic) bond motifs is 1. The molecule has 5 heteroatoms. The molecule has 25 heavy (non-hydrogen) atoms. The Morgan fingerprint density at radius 3 is 2.28 bits per heavy atom. The minimum atomic E-state index is -0.348. The number of rotatable bonds is 4. The highest BCUT2D eigenvalue weighted by Gasteiger charge is 2.19. The highest BCUT2D eigenvalue weighted by Crippen LogP contribution is 2.25. The fourth-order valence-corrected chi connectivity index (χ4v) is 2.65. The molecule has 0 aliphatic rings. The van der Waals surface area contributed by atoms with Gasteiger partial charge in [-0.05, 0) is 12.1 Å². The Balaban J connectivity index is 2.18. The zero-order valence-electron chi connectivity index (χ0n) is 13.4. The highest BCUT2D eigenvalue weighted by molar-refractivity contribution is 6.07. The molecule has 0 radical (unpaired) electrons. The molecule has 0 fully saturated rings. The van der Waals surface area contributed by atoms with Gasteiger partial charge in [0.15, 0.2) is 0 Å². The van der Waals surface area contributed by atoms with E-state index in [2.05, 4.69) is 4.98 Å². The normalized spacial score (nSPS) is 10.0. The largest absolute Gasteiger partial charge is 0.312 e. The van der Waals surface area contributed by atoms with Gasteiger partial charge in [-0.15, -0.1) is 0 Å². The van der Waals surface area contributed by atoms with E-state index in [1.54, 1.807) is 6.07 Å². The summed E-state index contributed by atoms with van der Waals surface area (Å²) >= 11 is 0. The van der Waals surface area contributed by atoms with Crippen LogP contribution < -0.4 is 0 Å². The van der Waals surface area contributed by atoms with Crippen LogP contribution in [-0.4, -0.2) is 28.9 Å². The van der Waals surface area contributed by atoms with Gasteiger partial charge in [0.1, 0.15) is 13.1 Å². The fourth-order valence-electron chi connectivity index (χ4n) is 2.65. The van der Waals surface area contributed by atoms with Crippen LogP contribution in [0.2, 0.25) is 0 Å². The van der Waals surface area contributed by atoms with Crippen molar-refractivity contribution in [2.75, 3.05) is 13.1 Å². The number of hydrogen-bond acceptors (Lipinski definition) is 4. The molecule has 1 heterocycles. The molecular formula is C20H14N4O. The van der Waals surface area contributed by atoms with Crippen molar-refractivity contribution in [3.05, 3.63) is 66.2 Å². The van der Waals surface area contributed by atoms with Crippen molar-refractivity contribution in [2.24, 2.45) is 0 Å². The van der Waals surface area contributed by atoms with E-state index < -0.39 is 0 Å². The summed E-state index contributed by atoms with van der Waals surface area (Å²) in [5.74, 6) is -0.348. The molecule has 120 valence electrons. The van der Waals surface area contributed by atoms with Gasteiger partial charge in [-0.1, -0.05) is 48.5 Å². The molecule has 1 amide bonds. The van der Waals surface area contributed by atoms with Crippen LogP contribution in [0.5, 0.6) is 0 Å². The van der Waals surface area contributed by atoms with E-state index in [9.17, 15) is 4.79 Å². The van der Waals surface area contributed by atoms with Gasteiger partial charge < -0.3 is 4.90 Å². The number of hydrogen-bond donors (Lipinski definition) is 0. The maximum atomic E-state index is 12.9. The van der Waals surface area contributed by atoms with Crippen LogP contribution in [0.1, 0.15) is 10.4 Å². The highest BCUT2D eigenvalue weighted by atomic mass is 16.2. The second kappa shape index (κ2) is 7.25. The SMILES string of the molecule is N#CCN(CC#N)C(=O)c1cc(-c2ccccc2)nc2ccccc12. The number of carbonyl (C=O) groups excluding carboxylic acids is 1. The van der Waals surface area contributed by atoms with Crippen molar-refractivity contribution < 1.29 is 4.79 Å². The number of pyridine rings is 1. The summed E-state index contributed by atoms with van der Waals surface area (Å²) < 4.78 is 0. The molecule has 0 saturated heterocycles. The first kappa shape index (κ1) is 16.2. The lowest BCUT2D eigenvalue weighted by Gasteiger charge is -2.17. The van der Waals surface area contributed by atoms with Gasteiger partial charge >= 0.3 is 0 Å². The third-order valence-corrected chi connectivity index (χ3v) is 3.83. The van der Waals surface area contributed by atoms with Crippen molar-refractivity contribution in [3.63, 3.8) is 0 Å². The Labute approximate surface area is 145 Å². The molecule has 0 saturated carbocycles. The number of carbonyl (C=O) groups is 1. The lowest BCUT2D eigenvalue weighted by Crippen LogP contribution is -2.32. The number of nitriles is 2. The van der Waals surface area contributed by atoms with Crippen molar-refractivity contribution in [1.29, 1.82) is 10.5 Å². The van der Waals surface area contributed by atoms with Gasteiger partial charge in [-0.25, -0.2) is 4.98 Å². The van der Waals surface area contributed by atoms with E-state index >= 15 is 0 Å². The van der Waals surface area contributed by atoms with E-state index in [0.717, 1.165) is 5.56 Å². The predicted molar refractivity (Wildman–Crippen MR) is 94.3 cm³/mol. The quantitative estimate of drug-likeness (QED) is 0.688. The molecule has 2 aromatic carbocycles. The zero-order valence-corrected chi connectivity index (χ0v) is 13.4. The monoisotopic (exact) mass is 326 g/mol. The molecule has 0 unspecified atom stereocenters. The molecule has 0 bridgehead atoms. The summed E-state index contributed by atoms with van der Waals surface area (Å²) in [4.78, 5) is 18.8. The summed E-state index contributed by atoms with van der Waals surface area (Å²) in [5.41, 5.74) is 2.71. The zero-order chi connectivity index (χ0) is 17.6. The van der Waals surface area contributed by atoms with Crippen LogP contribution in [0.25, 0.3) is 22.2 Å². The van der Waals surface area contributed by atoms with Crippen LogP contribution >= 0.6 is 0 Å². The smallest absolute Gasteiger partial charge is 0.256 e. The fraction of sp³-hybridized carbons (Fsp3) is 0.100. The third kappa shape index (κ3) is 3.31. The molecule has 5 nitrogen and oxygen atoms in total. The molecule has 0 atom stereocenters. The van der Waals surface area contributed by atoms with Crippen LogP contribution in [0.15, 0.2) is 60.7 Å². The summed E-state index contributed by atoms with van der Waals surface area (Å²) in [6.07, 6.45) is 0. The number of para-hydroxylation sites is 1. The van der Waals surface area contributed by atoms with E-state index in [0.29, 0.717) is 22.2 Å². The second-order valence-corrected chi connectivity index (χ2v) is 5.42. The first-order chi connectivity index (χ1) is 12.2. The number of amides is 1. The van der Waals surface area contributed by atoms with Gasteiger partial charge in [0, 0.05) is 10.9 Å². The molecule has 1 aromatic heterocycles. The Bertz CT molecular complexity index is 984. The third-order valence-electron chi connectivity index (χ3n) is 3.83. The molecule has 3 aromatic rings. The average molecular weight is 326 g/mol. The number of aromatic nitrogens is 1. The molecule has 0 spiro atoms. The summed E-state index contributed by atoms with van der Waals surface area (Å²) in [6, 6.07) is 22.5. The Morgan fingerprint density at radius 2 is 1.60 bits per heavy atom. The van der Waals surface area contributed by atoms with Gasteiger partial charge in [-0.2, -0.15) is 10.5 Å². The maximum Gasteiger partial charge on any atom is 0.256 e. The molecular weight excluding hydrogens is 312 g/mol. The lowest BCUT2D eigenvalue weighted by molar-refractivity contribution is 0.0796. The number of benzene rings is 2. The predicted octanol–water partition coefficient (Wildman–Crippen LogP) is 3.39. The van der Waals surface area contributed by atoms with Crippen molar-refractivity contribution in [3.8, 4) is 23.4 Å². The number of nitrogens with zero attached hydrogens (tertiary/aromatic N) is 4. The summed E-state index contributed by atoms with van der Waals surface area (Å²) in [5, 5.41) is 18.6. The molecule has 0 N–H and O–H groups in total. The second-order valence-electron chi connectivity index (χ2n) is 5.42. The van der Waals surface area contributed by atoms with Gasteiger partial charge in [0.25, 0.3) is 5.91 Å². The molecule has 0 aliphatic heterocycles. The summed E-state index contributed by atoms with van der Waals surface area (Å²) in [7, 11) is 0. The maximum absolute atomic E-state index is 12.9. The van der Waals surface area contributed by atoms with E-state index in [4.69, 9.17) is 10.5 Å². The Morgan fingerprint density at radius 1 is 0.960 bits per heavy atom. The van der Waals surface area contributed by atoms with E-state index in [1.165, 1.54) is 4.90 Å². The van der Waals surface area contributed by atoms with E-state index in [-0.39, 0.29) is 19.0 Å². The van der Waals surface area contributed by atoms with Crippen molar-refractivity contribution in [2.45, 2.75) is 0 Å². The van der Waals surface area contributed by atoms with Crippen LogP contribution in [0, 0.1) is 22.7 Å². The molecule has 3 rings (SSSR count). The van der Waals surface area contributed by atoms with Crippen LogP contribution in [-0.2, 0) is 0 Å². The minimum absolute atomic E-state index is 0.135. The summed E-state index contributed by atoms with van der Waals surface area (Å²) in [6.45, 7) is -0.270. The van der Waals surface area contributed by atoms with Gasteiger partial charge in [0.05, 0.1) is 28.9 Å². The Kier molecular flexibility index (Phi) is 4.69. The van der Waals surface area contributed by atoms with Crippen LogP contribution in [0.3, 0.4) is 0 Å². The standard InChI is InChI=1S/C20H14N4O/c21-10-12-24(13-11-22)20(25)17-14-19(15-6-2-1-3-7-15)23-18-9-5-4-8-16(17)18/h1-9,14H,12-13H2. The molecule has 0 aliphatic carbocycles. The Hall–Kier alpha value is -3.70. The first-order valence-corrected chi connectivity index (χ1v) is 7.73. The minimum Gasteiger partial charge on any atom is -0.312 e. The van der Waals surface area contributed by atoms with Crippen molar-refractivity contribution in [1.82, 2.24) is 9.88 Å². The van der Waals surface area contributed by atoms with Gasteiger partial charge in [-0.3, -0.25) is 4.79 Å². The lowest BCUT2D eigenvalue weighted by atomic mass is 10.0. The topological polar surface area (TPSA) is 80.8 Å². The average Bonchev–Trinajstić information content (AvgIpc) is 2.67. The van der Waals surface area contributed by atoms with E-state index in [1.807, 2.05) is 66.7 Å². The van der Waals surface area contributed by atoms with Gasteiger partial charge in [0.2, 0.25) is 0 Å². The first-order valence-electron chi connectivity index (χ1n) is 7.73. The van der Waals surface area contributed by atoms with Crippen LogP contribution in [0.4, 0.5) is 0 Å².